The molecule has 1 amide bonds. The number of nitrogens with zero attached hydrogens (tertiary/aromatic N) is 1. The van der Waals surface area contributed by atoms with Crippen molar-refractivity contribution >= 4 is 28.1 Å². The highest BCUT2D eigenvalue weighted by atomic mass is 32.1. The molecule has 0 saturated heterocycles. The van der Waals surface area contributed by atoms with Crippen molar-refractivity contribution in [3.05, 3.63) is 52.3 Å². The van der Waals surface area contributed by atoms with Gasteiger partial charge in [0.05, 0.1) is 19.2 Å². The van der Waals surface area contributed by atoms with Crippen LogP contribution in [0.25, 0.3) is 10.9 Å². The lowest BCUT2D eigenvalue weighted by Crippen LogP contribution is -2.24. The Morgan fingerprint density at radius 1 is 1.33 bits per heavy atom. The van der Waals surface area contributed by atoms with Crippen LogP contribution in [0, 0.1) is 0 Å². The van der Waals surface area contributed by atoms with E-state index in [2.05, 4.69) is 5.32 Å². The molecule has 1 aromatic carbocycles. The Morgan fingerprint density at radius 2 is 2.19 bits per heavy atom. The highest BCUT2D eigenvalue weighted by Gasteiger charge is 2.15. The predicted molar refractivity (Wildman–Crippen MR) is 85.0 cm³/mol. The molecule has 3 rings (SSSR count). The van der Waals surface area contributed by atoms with Crippen molar-refractivity contribution in [2.24, 2.45) is 7.05 Å². The van der Waals surface area contributed by atoms with Gasteiger partial charge in [0, 0.05) is 17.3 Å². The molecule has 0 aliphatic rings. The predicted octanol–water partition coefficient (Wildman–Crippen LogP) is 3.18. The maximum atomic E-state index is 12.4. The Kier molecular flexibility index (Phi) is 3.66. The number of ether oxygens (including phenoxy) is 1. The highest BCUT2D eigenvalue weighted by molar-refractivity contribution is 7.09. The first-order valence-corrected chi connectivity index (χ1v) is 7.51. The fraction of sp³-hybridized carbons (Fsp3) is 0.188. The molecule has 5 heteroatoms. The average Bonchev–Trinajstić information content (AvgIpc) is 3.13. The molecule has 0 unspecified atom stereocenters. The van der Waals surface area contributed by atoms with Gasteiger partial charge in [-0.05, 0) is 29.6 Å². The van der Waals surface area contributed by atoms with Gasteiger partial charge in [0.2, 0.25) is 0 Å². The van der Waals surface area contributed by atoms with E-state index in [-0.39, 0.29) is 5.91 Å². The van der Waals surface area contributed by atoms with Gasteiger partial charge in [-0.2, -0.15) is 0 Å². The van der Waals surface area contributed by atoms with Crippen molar-refractivity contribution in [2.75, 3.05) is 7.11 Å². The first kappa shape index (κ1) is 13.7. The number of hydrogen-bond donors (Lipinski definition) is 1. The van der Waals surface area contributed by atoms with Gasteiger partial charge in [0.1, 0.15) is 11.4 Å². The summed E-state index contributed by atoms with van der Waals surface area (Å²) >= 11 is 1.63. The summed E-state index contributed by atoms with van der Waals surface area (Å²) in [5.74, 6) is 0.699. The molecule has 0 radical (unpaired) electrons. The van der Waals surface area contributed by atoms with Gasteiger partial charge in [-0.3, -0.25) is 4.79 Å². The molecule has 2 aromatic heterocycles. The van der Waals surface area contributed by atoms with Gasteiger partial charge in [0.25, 0.3) is 5.91 Å². The quantitative estimate of drug-likeness (QED) is 0.804. The van der Waals surface area contributed by atoms with Gasteiger partial charge < -0.3 is 14.6 Å². The van der Waals surface area contributed by atoms with E-state index >= 15 is 0 Å². The molecule has 1 N–H and O–H groups in total. The standard InChI is InChI=1S/C16H16N2O2S/c1-18-13-6-3-7-15(20-2)12(13)9-14(18)16(19)17-10-11-5-4-8-21-11/h3-9H,10H2,1-2H3,(H,17,19). The zero-order valence-electron chi connectivity index (χ0n) is 11.9. The fourth-order valence-corrected chi connectivity index (χ4v) is 3.04. The van der Waals surface area contributed by atoms with E-state index in [1.807, 2.05) is 53.4 Å². The van der Waals surface area contributed by atoms with Gasteiger partial charge in [0.15, 0.2) is 0 Å². The number of aromatic nitrogens is 1. The maximum absolute atomic E-state index is 12.4. The average molecular weight is 300 g/mol. The van der Waals surface area contributed by atoms with Crippen LogP contribution in [0.2, 0.25) is 0 Å². The SMILES string of the molecule is COc1cccc2c1cc(C(=O)NCc1cccs1)n2C. The van der Waals surface area contributed by atoms with Crippen molar-refractivity contribution in [3.8, 4) is 5.75 Å². The summed E-state index contributed by atoms with van der Waals surface area (Å²) in [6.45, 7) is 0.551. The van der Waals surface area contributed by atoms with E-state index in [9.17, 15) is 4.79 Å². The number of fused-ring (bicyclic) bond motifs is 1. The van der Waals surface area contributed by atoms with Crippen molar-refractivity contribution in [1.82, 2.24) is 9.88 Å². The van der Waals surface area contributed by atoms with Crippen LogP contribution >= 0.6 is 11.3 Å². The Balaban J connectivity index is 1.89. The van der Waals surface area contributed by atoms with Crippen LogP contribution < -0.4 is 10.1 Å². The Hall–Kier alpha value is -2.27. The van der Waals surface area contributed by atoms with E-state index in [1.54, 1.807) is 18.4 Å². The van der Waals surface area contributed by atoms with E-state index in [4.69, 9.17) is 4.74 Å². The Morgan fingerprint density at radius 3 is 2.90 bits per heavy atom. The lowest BCUT2D eigenvalue weighted by atomic mass is 10.2. The lowest BCUT2D eigenvalue weighted by molar-refractivity contribution is 0.0943. The number of nitrogens with one attached hydrogen (secondary N) is 1. The maximum Gasteiger partial charge on any atom is 0.268 e. The third kappa shape index (κ3) is 2.52. The Labute approximate surface area is 127 Å². The molecular weight excluding hydrogens is 284 g/mol. The number of hydrogen-bond acceptors (Lipinski definition) is 3. The van der Waals surface area contributed by atoms with Gasteiger partial charge in [-0.25, -0.2) is 0 Å². The summed E-state index contributed by atoms with van der Waals surface area (Å²) in [5.41, 5.74) is 1.61. The number of carbonyl (C=O) groups excluding carboxylic acids is 1. The third-order valence-electron chi connectivity index (χ3n) is 3.50. The molecule has 3 aromatic rings. The van der Waals surface area contributed by atoms with Crippen molar-refractivity contribution in [2.45, 2.75) is 6.54 Å². The van der Waals surface area contributed by atoms with Crippen molar-refractivity contribution < 1.29 is 9.53 Å². The number of methoxy groups -OCH3 is 1. The number of rotatable bonds is 4. The van der Waals surface area contributed by atoms with Crippen LogP contribution in [0.1, 0.15) is 15.4 Å². The normalized spacial score (nSPS) is 10.8. The molecule has 0 atom stereocenters. The van der Waals surface area contributed by atoms with Crippen molar-refractivity contribution in [1.29, 1.82) is 0 Å². The molecule has 21 heavy (non-hydrogen) atoms. The molecule has 0 saturated carbocycles. The number of carbonyl (C=O) groups is 1. The second-order valence-corrected chi connectivity index (χ2v) is 5.78. The summed E-state index contributed by atoms with van der Waals surface area (Å²) in [6, 6.07) is 11.7. The van der Waals surface area contributed by atoms with E-state index < -0.39 is 0 Å². The molecule has 4 nitrogen and oxygen atoms in total. The molecule has 2 heterocycles. The fourth-order valence-electron chi connectivity index (χ4n) is 2.40. The third-order valence-corrected chi connectivity index (χ3v) is 4.38. The minimum atomic E-state index is -0.0795. The zero-order chi connectivity index (χ0) is 14.8. The zero-order valence-corrected chi connectivity index (χ0v) is 12.7. The number of aryl methyl sites for hydroxylation is 1. The lowest BCUT2D eigenvalue weighted by Gasteiger charge is -2.05. The largest absolute Gasteiger partial charge is 0.496 e. The van der Waals surface area contributed by atoms with Crippen LogP contribution in [0.5, 0.6) is 5.75 Å². The van der Waals surface area contributed by atoms with E-state index in [1.165, 1.54) is 0 Å². The van der Waals surface area contributed by atoms with Gasteiger partial charge in [-0.1, -0.05) is 12.1 Å². The summed E-state index contributed by atoms with van der Waals surface area (Å²) in [7, 11) is 3.53. The van der Waals surface area contributed by atoms with Crippen LogP contribution in [0.15, 0.2) is 41.8 Å². The Bertz CT molecular complexity index is 775. The second-order valence-electron chi connectivity index (χ2n) is 4.74. The van der Waals surface area contributed by atoms with Crippen LogP contribution in [0.3, 0.4) is 0 Å². The van der Waals surface area contributed by atoms with Crippen LogP contribution in [-0.4, -0.2) is 17.6 Å². The second kappa shape index (κ2) is 5.61. The number of benzene rings is 1. The first-order valence-electron chi connectivity index (χ1n) is 6.63. The summed E-state index contributed by atoms with van der Waals surface area (Å²) < 4.78 is 7.24. The van der Waals surface area contributed by atoms with Crippen LogP contribution in [-0.2, 0) is 13.6 Å². The van der Waals surface area contributed by atoms with Crippen molar-refractivity contribution in [3.63, 3.8) is 0 Å². The molecular formula is C16H16N2O2S. The molecule has 0 aliphatic heterocycles. The van der Waals surface area contributed by atoms with Gasteiger partial charge in [-0.15, -0.1) is 11.3 Å². The van der Waals surface area contributed by atoms with E-state index in [0.29, 0.717) is 12.2 Å². The molecule has 0 fully saturated rings. The molecule has 0 aliphatic carbocycles. The minimum absolute atomic E-state index is 0.0795. The summed E-state index contributed by atoms with van der Waals surface area (Å²) in [4.78, 5) is 13.5. The van der Waals surface area contributed by atoms with E-state index in [0.717, 1.165) is 21.5 Å². The topological polar surface area (TPSA) is 43.3 Å². The summed E-state index contributed by atoms with van der Waals surface area (Å²) in [5, 5.41) is 5.90. The molecule has 108 valence electrons. The summed E-state index contributed by atoms with van der Waals surface area (Å²) in [6.07, 6.45) is 0. The smallest absolute Gasteiger partial charge is 0.268 e. The number of amides is 1. The molecule has 0 bridgehead atoms. The van der Waals surface area contributed by atoms with Crippen LogP contribution in [0.4, 0.5) is 0 Å². The molecule has 0 spiro atoms. The monoisotopic (exact) mass is 300 g/mol. The highest BCUT2D eigenvalue weighted by Crippen LogP contribution is 2.28. The number of thiophene rings is 1. The minimum Gasteiger partial charge on any atom is -0.496 e. The first-order chi connectivity index (χ1) is 10.2. The van der Waals surface area contributed by atoms with Gasteiger partial charge >= 0.3 is 0 Å².